The summed E-state index contributed by atoms with van der Waals surface area (Å²) in [6.07, 6.45) is 0.930. The van der Waals surface area contributed by atoms with Crippen molar-refractivity contribution in [3.8, 4) is 0 Å². The summed E-state index contributed by atoms with van der Waals surface area (Å²) in [5, 5.41) is 1.19. The zero-order valence-corrected chi connectivity index (χ0v) is 17.9. The second-order valence-corrected chi connectivity index (χ2v) is 7.26. The molecule has 3 aromatic rings. The van der Waals surface area contributed by atoms with E-state index in [9.17, 15) is 9.59 Å². The fourth-order valence-corrected chi connectivity index (χ4v) is 3.90. The molecule has 0 fully saturated rings. The van der Waals surface area contributed by atoms with E-state index in [4.69, 9.17) is 9.47 Å². The van der Waals surface area contributed by atoms with Crippen LogP contribution >= 0.6 is 0 Å². The first-order valence-corrected chi connectivity index (χ1v) is 10.5. The van der Waals surface area contributed by atoms with E-state index in [1.807, 2.05) is 30.3 Å². The van der Waals surface area contributed by atoms with Crippen molar-refractivity contribution in [3.05, 3.63) is 71.4 Å². The molecule has 0 atom stereocenters. The minimum absolute atomic E-state index is 0.238. The fraction of sp³-hybridized carbons (Fsp3) is 0.360. The van der Waals surface area contributed by atoms with Crippen LogP contribution in [0.4, 0.5) is 0 Å². The van der Waals surface area contributed by atoms with Gasteiger partial charge in [-0.2, -0.15) is 0 Å². The Kier molecular flexibility index (Phi) is 7.28. The van der Waals surface area contributed by atoms with Gasteiger partial charge in [-0.3, -0.25) is 9.59 Å². The summed E-state index contributed by atoms with van der Waals surface area (Å²) in [5.74, 6) is -1.94. The molecule has 0 saturated heterocycles. The minimum atomic E-state index is -0.910. The summed E-state index contributed by atoms with van der Waals surface area (Å²) in [6, 6.07) is 18.6. The molecule has 0 aliphatic heterocycles. The largest absolute Gasteiger partial charge is 0.465 e. The molecule has 158 valence electrons. The van der Waals surface area contributed by atoms with Gasteiger partial charge in [-0.1, -0.05) is 48.5 Å². The van der Waals surface area contributed by atoms with E-state index in [2.05, 4.69) is 35.8 Å². The highest BCUT2D eigenvalue weighted by Gasteiger charge is 2.30. The van der Waals surface area contributed by atoms with Gasteiger partial charge >= 0.3 is 11.9 Å². The van der Waals surface area contributed by atoms with Crippen LogP contribution in [0.25, 0.3) is 10.9 Å². The molecule has 1 aromatic heterocycles. The van der Waals surface area contributed by atoms with Crippen molar-refractivity contribution in [2.24, 2.45) is 5.92 Å². The van der Waals surface area contributed by atoms with E-state index in [1.54, 1.807) is 13.8 Å². The first-order valence-electron chi connectivity index (χ1n) is 10.5. The van der Waals surface area contributed by atoms with Crippen LogP contribution in [0.2, 0.25) is 0 Å². The minimum Gasteiger partial charge on any atom is -0.465 e. The van der Waals surface area contributed by atoms with Gasteiger partial charge in [0, 0.05) is 23.1 Å². The summed E-state index contributed by atoms with van der Waals surface area (Å²) >= 11 is 0. The van der Waals surface area contributed by atoms with Gasteiger partial charge in [0.25, 0.3) is 0 Å². The van der Waals surface area contributed by atoms with Crippen molar-refractivity contribution < 1.29 is 19.1 Å². The molecule has 0 aliphatic carbocycles. The number of hydrogen-bond acceptors (Lipinski definition) is 4. The number of ether oxygens (including phenoxy) is 2. The molecule has 0 bridgehead atoms. The SMILES string of the molecule is CCOC(=O)C(CCc1c(C)c2ccccc2n1Cc1ccccc1)C(=O)OCC. The normalized spacial score (nSPS) is 11.1. The Hall–Kier alpha value is -3.08. The fourth-order valence-electron chi connectivity index (χ4n) is 3.90. The molecule has 30 heavy (non-hydrogen) atoms. The van der Waals surface area contributed by atoms with Gasteiger partial charge in [-0.25, -0.2) is 0 Å². The lowest BCUT2D eigenvalue weighted by Gasteiger charge is -2.16. The highest BCUT2D eigenvalue weighted by atomic mass is 16.6. The molecule has 0 N–H and O–H groups in total. The van der Waals surface area contributed by atoms with Crippen molar-refractivity contribution >= 4 is 22.8 Å². The molecule has 0 spiro atoms. The van der Waals surface area contributed by atoms with Crippen LogP contribution in [0.1, 0.15) is 37.1 Å². The van der Waals surface area contributed by atoms with E-state index in [0.717, 1.165) is 17.8 Å². The van der Waals surface area contributed by atoms with Gasteiger partial charge < -0.3 is 14.0 Å². The number of esters is 2. The van der Waals surface area contributed by atoms with E-state index in [1.165, 1.54) is 16.5 Å². The molecule has 0 amide bonds. The van der Waals surface area contributed by atoms with Crippen molar-refractivity contribution in [3.63, 3.8) is 0 Å². The molecule has 3 rings (SSSR count). The second-order valence-electron chi connectivity index (χ2n) is 7.26. The van der Waals surface area contributed by atoms with Crippen molar-refractivity contribution in [2.75, 3.05) is 13.2 Å². The lowest BCUT2D eigenvalue weighted by Crippen LogP contribution is -2.29. The molecule has 5 heteroatoms. The summed E-state index contributed by atoms with van der Waals surface area (Å²) < 4.78 is 12.5. The van der Waals surface area contributed by atoms with Gasteiger partial charge in [0.2, 0.25) is 0 Å². The number of carbonyl (C=O) groups excluding carboxylic acids is 2. The molecule has 0 radical (unpaired) electrons. The molecule has 0 aliphatic rings. The van der Waals surface area contributed by atoms with Gasteiger partial charge in [-0.05, 0) is 50.8 Å². The zero-order valence-electron chi connectivity index (χ0n) is 17.9. The van der Waals surface area contributed by atoms with Crippen LogP contribution < -0.4 is 0 Å². The number of rotatable bonds is 9. The highest BCUT2D eigenvalue weighted by Crippen LogP contribution is 2.28. The van der Waals surface area contributed by atoms with Crippen LogP contribution in [0.5, 0.6) is 0 Å². The Morgan fingerprint density at radius 1 is 0.900 bits per heavy atom. The number of fused-ring (bicyclic) bond motifs is 1. The van der Waals surface area contributed by atoms with Crippen LogP contribution in [-0.4, -0.2) is 29.7 Å². The van der Waals surface area contributed by atoms with Crippen LogP contribution in [-0.2, 0) is 32.0 Å². The van der Waals surface area contributed by atoms with Crippen LogP contribution in [0.3, 0.4) is 0 Å². The van der Waals surface area contributed by atoms with Crippen molar-refractivity contribution in [1.82, 2.24) is 4.57 Å². The third-order valence-corrected chi connectivity index (χ3v) is 5.35. The first-order chi connectivity index (χ1) is 14.6. The van der Waals surface area contributed by atoms with Crippen molar-refractivity contribution in [2.45, 2.75) is 40.2 Å². The molecule has 1 heterocycles. The lowest BCUT2D eigenvalue weighted by atomic mass is 10.00. The second kappa shape index (κ2) is 10.1. The monoisotopic (exact) mass is 407 g/mol. The third-order valence-electron chi connectivity index (χ3n) is 5.35. The lowest BCUT2D eigenvalue weighted by molar-refractivity contribution is -0.161. The van der Waals surface area contributed by atoms with E-state index < -0.39 is 17.9 Å². The maximum absolute atomic E-state index is 12.4. The standard InChI is InChI=1S/C25H29NO4/c1-4-29-24(27)21(25(28)30-5-2)15-16-22-18(3)20-13-9-10-14-23(20)26(22)17-19-11-7-6-8-12-19/h6-14,21H,4-5,15-17H2,1-3H3. The van der Waals surface area contributed by atoms with Gasteiger partial charge in [0.05, 0.1) is 13.2 Å². The number of carbonyl (C=O) groups is 2. The number of hydrogen-bond donors (Lipinski definition) is 0. The number of aryl methyl sites for hydroxylation is 1. The van der Waals surface area contributed by atoms with Gasteiger partial charge in [0.1, 0.15) is 0 Å². The number of nitrogens with zero attached hydrogens (tertiary/aromatic N) is 1. The smallest absolute Gasteiger partial charge is 0.320 e. The number of benzene rings is 2. The van der Waals surface area contributed by atoms with E-state index in [0.29, 0.717) is 12.8 Å². The van der Waals surface area contributed by atoms with Crippen LogP contribution in [0, 0.1) is 12.8 Å². The third kappa shape index (κ3) is 4.73. The van der Waals surface area contributed by atoms with E-state index >= 15 is 0 Å². The molecule has 0 unspecified atom stereocenters. The van der Waals surface area contributed by atoms with E-state index in [-0.39, 0.29) is 13.2 Å². The summed E-state index contributed by atoms with van der Waals surface area (Å²) in [7, 11) is 0. The Balaban J connectivity index is 1.94. The number of para-hydroxylation sites is 1. The predicted molar refractivity (Wildman–Crippen MR) is 117 cm³/mol. The maximum atomic E-state index is 12.4. The summed E-state index contributed by atoms with van der Waals surface area (Å²) in [6.45, 7) is 6.78. The maximum Gasteiger partial charge on any atom is 0.320 e. The molecule has 5 nitrogen and oxygen atoms in total. The predicted octanol–water partition coefficient (Wildman–Crippen LogP) is 4.67. The first kappa shape index (κ1) is 21.6. The van der Waals surface area contributed by atoms with Gasteiger partial charge in [-0.15, -0.1) is 0 Å². The molecular formula is C25H29NO4. The Labute approximate surface area is 177 Å². The molecule has 0 saturated carbocycles. The molecular weight excluding hydrogens is 378 g/mol. The summed E-state index contributed by atoms with van der Waals surface area (Å²) in [4.78, 5) is 24.8. The average molecular weight is 408 g/mol. The topological polar surface area (TPSA) is 57.5 Å². The Bertz CT molecular complexity index is 989. The number of aromatic nitrogens is 1. The molecule has 2 aromatic carbocycles. The quantitative estimate of drug-likeness (QED) is 0.382. The van der Waals surface area contributed by atoms with Crippen LogP contribution in [0.15, 0.2) is 54.6 Å². The van der Waals surface area contributed by atoms with Gasteiger partial charge in [0.15, 0.2) is 5.92 Å². The highest BCUT2D eigenvalue weighted by molar-refractivity contribution is 5.95. The van der Waals surface area contributed by atoms with Crippen molar-refractivity contribution in [1.29, 1.82) is 0 Å². The average Bonchev–Trinajstić information content (AvgIpc) is 3.01. The summed E-state index contributed by atoms with van der Waals surface area (Å²) in [5.41, 5.74) is 4.65. The zero-order chi connectivity index (χ0) is 21.5. The Morgan fingerprint density at radius 3 is 2.13 bits per heavy atom. The Morgan fingerprint density at radius 2 is 1.50 bits per heavy atom.